The molecule has 0 radical (unpaired) electrons. The summed E-state index contributed by atoms with van der Waals surface area (Å²) < 4.78 is 11.9. The van der Waals surface area contributed by atoms with E-state index in [4.69, 9.17) is 9.47 Å². The maximum absolute atomic E-state index is 12.8. The third-order valence-electron chi connectivity index (χ3n) is 5.48. The number of aliphatic hydroxyl groups is 1. The van der Waals surface area contributed by atoms with E-state index in [0.29, 0.717) is 24.2 Å². The predicted octanol–water partition coefficient (Wildman–Crippen LogP) is 2.69. The lowest BCUT2D eigenvalue weighted by Gasteiger charge is -2.38. The van der Waals surface area contributed by atoms with Crippen LogP contribution in [0.1, 0.15) is 51.9 Å². The van der Waals surface area contributed by atoms with E-state index < -0.39 is 0 Å². The minimum Gasteiger partial charge on any atom is -0.459 e. The number of carbonyl (C=O) groups excluding carboxylic acids is 1. The zero-order chi connectivity index (χ0) is 16.9. The molecular weight excluding hydrogens is 306 g/mol. The van der Waals surface area contributed by atoms with Crippen molar-refractivity contribution in [2.75, 3.05) is 26.3 Å². The van der Waals surface area contributed by atoms with Gasteiger partial charge in [0.25, 0.3) is 5.91 Å². The fourth-order valence-electron chi connectivity index (χ4n) is 4.05. The maximum atomic E-state index is 12.8. The first-order valence-electron chi connectivity index (χ1n) is 9.64. The molecule has 0 spiro atoms. The number of allylic oxidation sites excluding steroid dienone is 1. The van der Waals surface area contributed by atoms with Crippen LogP contribution in [0.3, 0.4) is 0 Å². The van der Waals surface area contributed by atoms with E-state index in [1.165, 1.54) is 19.3 Å². The van der Waals surface area contributed by atoms with Gasteiger partial charge in [-0.2, -0.15) is 0 Å². The number of hydrogen-bond donors (Lipinski definition) is 1. The molecule has 24 heavy (non-hydrogen) atoms. The number of rotatable bonds is 7. The molecule has 1 saturated carbocycles. The first-order valence-corrected chi connectivity index (χ1v) is 9.64. The molecule has 5 heteroatoms. The van der Waals surface area contributed by atoms with Gasteiger partial charge in [-0.15, -0.1) is 0 Å². The van der Waals surface area contributed by atoms with Gasteiger partial charge in [-0.05, 0) is 69.8 Å². The molecule has 2 fully saturated rings. The zero-order valence-corrected chi connectivity index (χ0v) is 14.8. The predicted molar refractivity (Wildman–Crippen MR) is 91.0 cm³/mol. The number of carbonyl (C=O) groups is 1. The Kier molecular flexibility index (Phi) is 6.17. The first-order chi connectivity index (χ1) is 11.7. The highest BCUT2D eigenvalue weighted by atomic mass is 16.7. The fourth-order valence-corrected chi connectivity index (χ4v) is 4.05. The van der Waals surface area contributed by atoms with E-state index in [9.17, 15) is 9.90 Å². The lowest BCUT2D eigenvalue weighted by Crippen LogP contribution is -2.43. The molecule has 3 atom stereocenters. The molecule has 0 bridgehead atoms. The molecular formula is C19H31NO4. The van der Waals surface area contributed by atoms with Gasteiger partial charge in [-0.1, -0.05) is 0 Å². The molecule has 0 aromatic rings. The minimum absolute atomic E-state index is 0.0330. The topological polar surface area (TPSA) is 59.0 Å². The standard InChI is InChI=1S/C19H31NO4/c1-2-23-19-15(7-6-12-21)16(14-8-9-14)13-17(24-19)18(22)20-10-4-3-5-11-20/h13-16,19,21H,2-12H2,1H3/t15-,16-,19-/m1/s1. The molecule has 3 rings (SSSR count). The van der Waals surface area contributed by atoms with Crippen LogP contribution in [0.2, 0.25) is 0 Å². The molecule has 1 saturated heterocycles. The number of aliphatic hydroxyl groups excluding tert-OH is 1. The van der Waals surface area contributed by atoms with Crippen molar-refractivity contribution in [1.29, 1.82) is 0 Å². The fraction of sp³-hybridized carbons (Fsp3) is 0.842. The number of ether oxygens (including phenoxy) is 2. The van der Waals surface area contributed by atoms with Crippen LogP contribution in [-0.4, -0.2) is 48.5 Å². The Bertz CT molecular complexity index is 454. The van der Waals surface area contributed by atoms with Crippen molar-refractivity contribution in [2.45, 2.75) is 58.2 Å². The van der Waals surface area contributed by atoms with Gasteiger partial charge in [0.15, 0.2) is 5.76 Å². The Labute approximate surface area is 145 Å². The number of nitrogens with zero attached hydrogens (tertiary/aromatic N) is 1. The zero-order valence-electron chi connectivity index (χ0n) is 14.8. The van der Waals surface area contributed by atoms with Crippen molar-refractivity contribution in [3.05, 3.63) is 11.8 Å². The molecule has 1 N–H and O–H groups in total. The number of likely N-dealkylation sites (tertiary alicyclic amines) is 1. The van der Waals surface area contributed by atoms with Gasteiger partial charge in [0, 0.05) is 32.2 Å². The van der Waals surface area contributed by atoms with Crippen molar-refractivity contribution < 1.29 is 19.4 Å². The molecule has 2 aliphatic heterocycles. The van der Waals surface area contributed by atoms with Crippen molar-refractivity contribution >= 4 is 5.91 Å². The average molecular weight is 337 g/mol. The third kappa shape index (κ3) is 4.12. The summed E-state index contributed by atoms with van der Waals surface area (Å²) in [6, 6.07) is 0. The van der Waals surface area contributed by atoms with Crippen LogP contribution >= 0.6 is 0 Å². The molecule has 5 nitrogen and oxygen atoms in total. The Morgan fingerprint density at radius 1 is 1.33 bits per heavy atom. The van der Waals surface area contributed by atoms with Crippen molar-refractivity contribution in [3.63, 3.8) is 0 Å². The monoisotopic (exact) mass is 337 g/mol. The van der Waals surface area contributed by atoms with Crippen LogP contribution in [0.4, 0.5) is 0 Å². The molecule has 136 valence electrons. The Hall–Kier alpha value is -1.07. The van der Waals surface area contributed by atoms with Gasteiger partial charge in [0.05, 0.1) is 0 Å². The van der Waals surface area contributed by atoms with Crippen LogP contribution in [0.5, 0.6) is 0 Å². The highest BCUT2D eigenvalue weighted by molar-refractivity contribution is 5.91. The van der Waals surface area contributed by atoms with Gasteiger partial charge in [-0.25, -0.2) is 0 Å². The van der Waals surface area contributed by atoms with E-state index in [1.54, 1.807) is 0 Å². The van der Waals surface area contributed by atoms with Crippen LogP contribution in [0.25, 0.3) is 0 Å². The number of hydrogen-bond acceptors (Lipinski definition) is 4. The summed E-state index contributed by atoms with van der Waals surface area (Å²) in [5.74, 6) is 1.75. The first kappa shape index (κ1) is 17.7. The minimum atomic E-state index is -0.360. The summed E-state index contributed by atoms with van der Waals surface area (Å²) in [5, 5.41) is 9.21. The average Bonchev–Trinajstić information content (AvgIpc) is 3.45. The molecule has 0 aromatic heterocycles. The van der Waals surface area contributed by atoms with Gasteiger partial charge < -0.3 is 19.5 Å². The molecule has 3 aliphatic rings. The van der Waals surface area contributed by atoms with E-state index in [-0.39, 0.29) is 24.7 Å². The summed E-state index contributed by atoms with van der Waals surface area (Å²) >= 11 is 0. The summed E-state index contributed by atoms with van der Waals surface area (Å²) in [4.78, 5) is 14.8. The SMILES string of the molecule is CCO[C@@H]1OC(C(=O)N2CCCCC2)=C[C@H](C2CC2)[C@H]1CCCO. The second-order valence-electron chi connectivity index (χ2n) is 7.27. The summed E-state index contributed by atoms with van der Waals surface area (Å²) in [6.07, 6.45) is 9.17. The van der Waals surface area contributed by atoms with Crippen LogP contribution < -0.4 is 0 Å². The Morgan fingerprint density at radius 3 is 2.71 bits per heavy atom. The lowest BCUT2D eigenvalue weighted by molar-refractivity contribution is -0.177. The molecule has 2 heterocycles. The largest absolute Gasteiger partial charge is 0.459 e. The van der Waals surface area contributed by atoms with E-state index >= 15 is 0 Å². The molecule has 1 amide bonds. The quantitative estimate of drug-likeness (QED) is 0.776. The van der Waals surface area contributed by atoms with E-state index in [0.717, 1.165) is 38.8 Å². The van der Waals surface area contributed by atoms with Gasteiger partial charge in [-0.3, -0.25) is 4.79 Å². The van der Waals surface area contributed by atoms with Crippen LogP contribution in [0.15, 0.2) is 11.8 Å². The highest BCUT2D eigenvalue weighted by Crippen LogP contribution is 2.47. The summed E-state index contributed by atoms with van der Waals surface area (Å²) in [5.41, 5.74) is 0. The van der Waals surface area contributed by atoms with Crippen LogP contribution in [-0.2, 0) is 14.3 Å². The third-order valence-corrected chi connectivity index (χ3v) is 5.48. The smallest absolute Gasteiger partial charge is 0.288 e. The van der Waals surface area contributed by atoms with E-state index in [2.05, 4.69) is 6.08 Å². The van der Waals surface area contributed by atoms with Gasteiger partial charge in [0.1, 0.15) is 0 Å². The Balaban J connectivity index is 1.76. The number of piperidine rings is 1. The van der Waals surface area contributed by atoms with Crippen LogP contribution in [0, 0.1) is 17.8 Å². The second kappa shape index (κ2) is 8.34. The Morgan fingerprint density at radius 2 is 2.08 bits per heavy atom. The normalized spacial score (nSPS) is 30.7. The van der Waals surface area contributed by atoms with Gasteiger partial charge in [0.2, 0.25) is 6.29 Å². The van der Waals surface area contributed by atoms with Gasteiger partial charge >= 0.3 is 0 Å². The maximum Gasteiger partial charge on any atom is 0.288 e. The molecule has 0 aromatic carbocycles. The molecule has 0 unspecified atom stereocenters. The second-order valence-corrected chi connectivity index (χ2v) is 7.27. The summed E-state index contributed by atoms with van der Waals surface area (Å²) in [6.45, 7) is 4.39. The van der Waals surface area contributed by atoms with Crippen molar-refractivity contribution in [2.24, 2.45) is 17.8 Å². The van der Waals surface area contributed by atoms with E-state index in [1.807, 2.05) is 11.8 Å². The lowest BCUT2D eigenvalue weighted by atomic mass is 9.82. The molecule has 1 aliphatic carbocycles. The summed E-state index contributed by atoms with van der Waals surface area (Å²) in [7, 11) is 0. The van der Waals surface area contributed by atoms with Crippen molar-refractivity contribution in [1.82, 2.24) is 4.90 Å². The highest BCUT2D eigenvalue weighted by Gasteiger charge is 2.44. The number of amides is 1. The van der Waals surface area contributed by atoms with Crippen molar-refractivity contribution in [3.8, 4) is 0 Å².